The summed E-state index contributed by atoms with van der Waals surface area (Å²) in [7, 11) is 0. The molecule has 4 N–H and O–H groups in total. The van der Waals surface area contributed by atoms with E-state index in [1.165, 1.54) is 11.8 Å². The summed E-state index contributed by atoms with van der Waals surface area (Å²) < 4.78 is 5.61. The second-order valence-corrected chi connectivity index (χ2v) is 7.00. The van der Waals surface area contributed by atoms with Crippen LogP contribution in [0.3, 0.4) is 0 Å². The summed E-state index contributed by atoms with van der Waals surface area (Å²) in [5, 5.41) is 11.7. The van der Waals surface area contributed by atoms with Gasteiger partial charge in [0.05, 0.1) is 5.75 Å². The van der Waals surface area contributed by atoms with E-state index < -0.39 is 0 Å². The van der Waals surface area contributed by atoms with Gasteiger partial charge in [-0.1, -0.05) is 59.8 Å². The lowest BCUT2D eigenvalue weighted by Gasteiger charge is -2.04. The normalized spacial score (nSPS) is 11.9. The number of nitrogens with zero attached hydrogens (tertiary/aromatic N) is 2. The van der Waals surface area contributed by atoms with Crippen LogP contribution in [0.5, 0.6) is 0 Å². The first-order chi connectivity index (χ1) is 12.6. The average Bonchev–Trinajstić information content (AvgIpc) is 3.10. The molecule has 1 heterocycles. The molecule has 0 bridgehead atoms. The van der Waals surface area contributed by atoms with E-state index in [2.05, 4.69) is 21.2 Å². The van der Waals surface area contributed by atoms with Gasteiger partial charge in [-0.2, -0.15) is 0 Å². The number of rotatable bonds is 7. The summed E-state index contributed by atoms with van der Waals surface area (Å²) in [5.74, 6) is 0.452. The summed E-state index contributed by atoms with van der Waals surface area (Å²) in [6, 6.07) is 16.8. The molecule has 0 aliphatic rings. The molecule has 0 saturated heterocycles. The minimum atomic E-state index is -0.174. The Morgan fingerprint density at radius 1 is 1.19 bits per heavy atom. The molecule has 3 aromatic rings. The maximum absolute atomic E-state index is 12.0. The van der Waals surface area contributed by atoms with Crippen LogP contribution in [0.2, 0.25) is 5.02 Å². The lowest BCUT2D eigenvalue weighted by Crippen LogP contribution is -2.54. The van der Waals surface area contributed by atoms with Crippen LogP contribution < -0.4 is 11.1 Å². The summed E-state index contributed by atoms with van der Waals surface area (Å²) in [6.45, 7) is 0. The van der Waals surface area contributed by atoms with E-state index in [1.54, 1.807) is 24.3 Å². The molecule has 0 saturated carbocycles. The fourth-order valence-electron chi connectivity index (χ4n) is 2.32. The van der Waals surface area contributed by atoms with Crippen LogP contribution in [0.1, 0.15) is 17.5 Å². The van der Waals surface area contributed by atoms with Crippen LogP contribution in [0, 0.1) is 0 Å². The van der Waals surface area contributed by atoms with Crippen molar-refractivity contribution < 1.29 is 14.9 Å². The Hall–Kier alpha value is -2.35. The third kappa shape index (κ3) is 5.32. The molecule has 0 spiro atoms. The maximum atomic E-state index is 12.0. The molecule has 0 aliphatic carbocycles. The van der Waals surface area contributed by atoms with Crippen molar-refractivity contribution in [2.45, 2.75) is 17.7 Å². The highest BCUT2D eigenvalue weighted by atomic mass is 35.5. The van der Waals surface area contributed by atoms with Crippen molar-refractivity contribution in [1.82, 2.24) is 10.2 Å². The molecule has 2 aromatic carbocycles. The average molecular weight is 390 g/mol. The molecule has 1 amide bonds. The predicted octanol–water partition coefficient (Wildman–Crippen LogP) is 2.98. The maximum Gasteiger partial charge on any atom is 0.277 e. The van der Waals surface area contributed by atoms with Crippen LogP contribution in [-0.4, -0.2) is 21.9 Å². The number of quaternary nitrogens is 1. The van der Waals surface area contributed by atoms with Gasteiger partial charge in [0.25, 0.3) is 11.1 Å². The Morgan fingerprint density at radius 2 is 2.00 bits per heavy atom. The SMILES string of the molecule is [NH3+][C@@H](Cc1ccccc1)c1nnc(SCC(=O)Nc2cccc(Cl)c2)o1. The van der Waals surface area contributed by atoms with Gasteiger partial charge in [0, 0.05) is 17.1 Å². The number of aromatic nitrogens is 2. The number of carbonyl (C=O) groups is 1. The van der Waals surface area contributed by atoms with E-state index >= 15 is 0 Å². The van der Waals surface area contributed by atoms with Crippen molar-refractivity contribution in [3.63, 3.8) is 0 Å². The minimum Gasteiger partial charge on any atom is -0.410 e. The minimum absolute atomic E-state index is 0.139. The zero-order chi connectivity index (χ0) is 18.4. The number of benzene rings is 2. The van der Waals surface area contributed by atoms with Gasteiger partial charge in [0.15, 0.2) is 6.04 Å². The van der Waals surface area contributed by atoms with Crippen LogP contribution in [0.25, 0.3) is 0 Å². The highest BCUT2D eigenvalue weighted by Crippen LogP contribution is 2.21. The number of amides is 1. The van der Waals surface area contributed by atoms with Gasteiger partial charge in [-0.3, -0.25) is 4.79 Å². The predicted molar refractivity (Wildman–Crippen MR) is 101 cm³/mol. The number of halogens is 1. The second kappa shape index (κ2) is 8.84. The molecule has 26 heavy (non-hydrogen) atoms. The van der Waals surface area contributed by atoms with Crippen LogP contribution >= 0.6 is 23.4 Å². The Labute approximate surface area is 160 Å². The highest BCUT2D eigenvalue weighted by Gasteiger charge is 2.19. The molecule has 0 radical (unpaired) electrons. The lowest BCUT2D eigenvalue weighted by molar-refractivity contribution is -0.431. The first-order valence-electron chi connectivity index (χ1n) is 7.99. The molecule has 6 nitrogen and oxygen atoms in total. The van der Waals surface area contributed by atoms with Gasteiger partial charge < -0.3 is 15.5 Å². The molecule has 1 atom stereocenters. The van der Waals surface area contributed by atoms with Crippen LogP contribution in [0.15, 0.2) is 64.2 Å². The van der Waals surface area contributed by atoms with Gasteiger partial charge in [0.2, 0.25) is 5.91 Å². The zero-order valence-electron chi connectivity index (χ0n) is 13.9. The Balaban J connectivity index is 1.51. The van der Waals surface area contributed by atoms with Gasteiger partial charge in [-0.15, -0.1) is 10.2 Å². The first-order valence-corrected chi connectivity index (χ1v) is 9.35. The van der Waals surface area contributed by atoms with Crippen molar-refractivity contribution in [3.05, 3.63) is 71.1 Å². The molecule has 1 aromatic heterocycles. The number of thioether (sulfide) groups is 1. The van der Waals surface area contributed by atoms with E-state index in [0.29, 0.717) is 28.2 Å². The summed E-state index contributed by atoms with van der Waals surface area (Å²) in [6.07, 6.45) is 0.711. The van der Waals surface area contributed by atoms with Crippen LogP contribution in [0.4, 0.5) is 5.69 Å². The smallest absolute Gasteiger partial charge is 0.277 e. The second-order valence-electron chi connectivity index (χ2n) is 5.64. The van der Waals surface area contributed by atoms with Gasteiger partial charge in [-0.25, -0.2) is 0 Å². The molecular weight excluding hydrogens is 372 g/mol. The van der Waals surface area contributed by atoms with E-state index in [-0.39, 0.29) is 17.7 Å². The monoisotopic (exact) mass is 389 g/mol. The van der Waals surface area contributed by atoms with E-state index in [0.717, 1.165) is 5.56 Å². The largest absolute Gasteiger partial charge is 0.410 e. The van der Waals surface area contributed by atoms with Gasteiger partial charge in [-0.05, 0) is 23.8 Å². The van der Waals surface area contributed by atoms with Crippen molar-refractivity contribution >= 4 is 35.0 Å². The first kappa shape index (κ1) is 18.4. The molecule has 3 rings (SSSR count). The zero-order valence-corrected chi connectivity index (χ0v) is 15.5. The van der Waals surface area contributed by atoms with Crippen molar-refractivity contribution in [3.8, 4) is 0 Å². The quantitative estimate of drug-likeness (QED) is 0.605. The number of hydrogen-bond acceptors (Lipinski definition) is 5. The summed E-state index contributed by atoms with van der Waals surface area (Å²) in [4.78, 5) is 12.0. The number of anilines is 1. The fraction of sp³-hybridized carbons (Fsp3) is 0.167. The molecule has 0 fully saturated rings. The summed E-state index contributed by atoms with van der Waals surface area (Å²) >= 11 is 7.08. The molecule has 134 valence electrons. The van der Waals surface area contributed by atoms with Crippen LogP contribution in [-0.2, 0) is 11.2 Å². The number of carbonyl (C=O) groups excluding carboxylic acids is 1. The third-order valence-electron chi connectivity index (χ3n) is 3.53. The van der Waals surface area contributed by atoms with Crippen molar-refractivity contribution in [1.29, 1.82) is 0 Å². The standard InChI is InChI=1S/C18H17ClN4O2S/c19-13-7-4-8-14(10-13)21-16(24)11-26-18-23-22-17(25-18)15(20)9-12-5-2-1-3-6-12/h1-8,10,15H,9,11,20H2,(H,21,24)/p+1/t15-/m0/s1. The molecular formula is C18H18ClN4O2S+. The molecule has 0 unspecified atom stereocenters. The van der Waals surface area contributed by atoms with Crippen molar-refractivity contribution in [2.24, 2.45) is 0 Å². The highest BCUT2D eigenvalue weighted by molar-refractivity contribution is 7.99. The molecule has 8 heteroatoms. The van der Waals surface area contributed by atoms with Gasteiger partial charge in [0.1, 0.15) is 0 Å². The van der Waals surface area contributed by atoms with E-state index in [9.17, 15) is 4.79 Å². The van der Waals surface area contributed by atoms with Crippen molar-refractivity contribution in [2.75, 3.05) is 11.1 Å². The van der Waals surface area contributed by atoms with Gasteiger partial charge >= 0.3 is 0 Å². The molecule has 0 aliphatic heterocycles. The Morgan fingerprint density at radius 3 is 2.77 bits per heavy atom. The number of hydrogen-bond donors (Lipinski definition) is 2. The number of nitrogens with one attached hydrogen (secondary N) is 1. The topological polar surface area (TPSA) is 95.7 Å². The van der Waals surface area contributed by atoms with E-state index in [1.807, 2.05) is 30.3 Å². The fourth-order valence-corrected chi connectivity index (χ4v) is 3.08. The Bertz CT molecular complexity index is 872. The summed E-state index contributed by atoms with van der Waals surface area (Å²) in [5.41, 5.74) is 5.88. The third-order valence-corrected chi connectivity index (χ3v) is 4.58. The van der Waals surface area contributed by atoms with E-state index in [4.69, 9.17) is 16.0 Å². The Kier molecular flexibility index (Phi) is 6.27. The lowest BCUT2D eigenvalue weighted by atomic mass is 10.1.